The summed E-state index contributed by atoms with van der Waals surface area (Å²) in [5.74, 6) is 0. The molecule has 0 aliphatic heterocycles. The summed E-state index contributed by atoms with van der Waals surface area (Å²) < 4.78 is 8.34. The van der Waals surface area contributed by atoms with Crippen LogP contribution < -0.4 is 10.2 Å². The van der Waals surface area contributed by atoms with E-state index >= 15 is 0 Å². The normalized spacial score (nSPS) is 3.86. The Hall–Kier alpha value is 1.21. The van der Waals surface area contributed by atoms with Crippen LogP contribution in [0.3, 0.4) is 0 Å². The van der Waals surface area contributed by atoms with Gasteiger partial charge in [-0.1, -0.05) is 0 Å². The van der Waals surface area contributed by atoms with Crippen LogP contribution in [0.5, 0.6) is 0 Å². The summed E-state index contributed by atoms with van der Waals surface area (Å²) in [6, 6.07) is 0. The quantitative estimate of drug-likeness (QED) is 0.398. The van der Waals surface area contributed by atoms with Crippen molar-refractivity contribution in [1.29, 1.82) is 0 Å². The molecule has 0 radical (unpaired) electrons. The Morgan fingerprint density at radius 3 is 1.29 bits per heavy atom. The average molecular weight is 207 g/mol. The van der Waals surface area contributed by atoms with Crippen LogP contribution in [0.15, 0.2) is 0 Å². The maximum atomic E-state index is 8.34. The first-order valence-electron chi connectivity index (χ1n) is 0.816. The van der Waals surface area contributed by atoms with Crippen LogP contribution in [0.25, 0.3) is 0 Å². The van der Waals surface area contributed by atoms with Crippen LogP contribution in [-0.2, 0) is 27.5 Å². The zero-order valence-corrected chi connectivity index (χ0v) is 8.01. The summed E-state index contributed by atoms with van der Waals surface area (Å²) in [4.78, 5) is 8.33. The van der Waals surface area contributed by atoms with Gasteiger partial charge in [-0.3, -0.25) is 0 Å². The Balaban J connectivity index is -0.0000000480. The molecule has 4 nitrogen and oxygen atoms in total. The standard InChI is InChI=1S/CH2O3.Ca.O.Zr/c2-1(3)4;;;/h(H2,2,3,4);;;/q;+2;;/p-2. The molecule has 0 aromatic heterocycles. The van der Waals surface area contributed by atoms with E-state index in [1.165, 1.54) is 0 Å². The van der Waals surface area contributed by atoms with E-state index in [1.54, 1.807) is 0 Å². The molecule has 0 N–H and O–H groups in total. The maximum absolute atomic E-state index is 8.34. The molecule has 0 unspecified atom stereocenters. The third kappa shape index (κ3) is 133. The monoisotopic (exact) mass is 206 g/mol. The molecular weight excluding hydrogens is 207 g/mol. The second kappa shape index (κ2) is 15.7. The Morgan fingerprint density at radius 1 is 1.29 bits per heavy atom. The van der Waals surface area contributed by atoms with Crippen LogP contribution >= 0.6 is 0 Å². The van der Waals surface area contributed by atoms with Crippen molar-refractivity contribution in [1.82, 2.24) is 0 Å². The van der Waals surface area contributed by atoms with Crippen molar-refractivity contribution in [2.45, 2.75) is 0 Å². The third-order valence-corrected chi connectivity index (χ3v) is 0. The van der Waals surface area contributed by atoms with E-state index in [-0.39, 0.29) is 37.7 Å². The Morgan fingerprint density at radius 2 is 1.29 bits per heavy atom. The van der Waals surface area contributed by atoms with Gasteiger partial charge in [-0.05, 0) is 6.16 Å². The van der Waals surface area contributed by atoms with Gasteiger partial charge in [0, 0.05) is 0 Å². The molecule has 0 aromatic rings. The van der Waals surface area contributed by atoms with Crippen molar-refractivity contribution in [3.05, 3.63) is 0 Å². The van der Waals surface area contributed by atoms with Crippen LogP contribution in [0.2, 0.25) is 0 Å². The van der Waals surface area contributed by atoms with E-state index in [4.69, 9.17) is 17.8 Å². The van der Waals surface area contributed by atoms with E-state index in [1.807, 2.05) is 0 Å². The first-order chi connectivity index (χ1) is 2.73. The minimum atomic E-state index is -2.33. The van der Waals surface area contributed by atoms with Crippen LogP contribution in [0, 0.1) is 0 Å². The first kappa shape index (κ1) is 15.7. The van der Waals surface area contributed by atoms with Gasteiger partial charge in [-0.2, -0.15) is 0 Å². The molecule has 0 aliphatic rings. The van der Waals surface area contributed by atoms with Gasteiger partial charge >= 0.3 is 65.3 Å². The summed E-state index contributed by atoms with van der Waals surface area (Å²) >= 11 is 0.300. The van der Waals surface area contributed by atoms with Gasteiger partial charge in [0.1, 0.15) is 0 Å². The summed E-state index contributed by atoms with van der Waals surface area (Å²) in [5.41, 5.74) is 0. The summed E-state index contributed by atoms with van der Waals surface area (Å²) in [6.45, 7) is 0. The zero-order chi connectivity index (χ0) is 5.58. The van der Waals surface area contributed by atoms with Gasteiger partial charge in [0.2, 0.25) is 0 Å². The Labute approximate surface area is 85.2 Å². The van der Waals surface area contributed by atoms with Gasteiger partial charge in [0.25, 0.3) is 0 Å². The summed E-state index contributed by atoms with van der Waals surface area (Å²) in [5, 5.41) is 16.7. The molecule has 7 heavy (non-hydrogen) atoms. The molecule has 0 amide bonds. The molecule has 34 valence electrons. The van der Waals surface area contributed by atoms with E-state index in [0.717, 1.165) is 0 Å². The molecule has 0 saturated carbocycles. The van der Waals surface area contributed by atoms with Crippen molar-refractivity contribution < 1.29 is 42.5 Å². The fourth-order valence-corrected chi connectivity index (χ4v) is 0. The number of rotatable bonds is 0. The molecule has 0 fully saturated rings. The number of carbonyl (C=O) groups excluding carboxylic acids is 1. The van der Waals surface area contributed by atoms with E-state index in [9.17, 15) is 0 Å². The Bertz CT molecular complexity index is 43.0. The number of carbonyl (C=O) groups is 1. The van der Waals surface area contributed by atoms with Crippen LogP contribution in [0.1, 0.15) is 0 Å². The number of carboxylic acid groups (broad SMARTS) is 2. The van der Waals surface area contributed by atoms with Crippen molar-refractivity contribution in [2.75, 3.05) is 0 Å². The Kier molecular flexibility index (Phi) is 35.2. The predicted molar refractivity (Wildman–Crippen MR) is 11.8 cm³/mol. The zero-order valence-electron chi connectivity index (χ0n) is 3.34. The van der Waals surface area contributed by atoms with E-state index in [0.29, 0.717) is 24.7 Å². The summed E-state index contributed by atoms with van der Waals surface area (Å²) in [7, 11) is 0. The van der Waals surface area contributed by atoms with Crippen molar-refractivity contribution in [3.8, 4) is 0 Å². The average Bonchev–Trinajstić information content (AvgIpc) is 1.41. The third-order valence-electron chi connectivity index (χ3n) is 0. The van der Waals surface area contributed by atoms with Gasteiger partial charge < -0.3 is 15.0 Å². The van der Waals surface area contributed by atoms with Crippen LogP contribution in [0.4, 0.5) is 4.79 Å². The van der Waals surface area contributed by atoms with Crippen molar-refractivity contribution in [3.63, 3.8) is 0 Å². The summed E-state index contributed by atoms with van der Waals surface area (Å²) in [6.07, 6.45) is -2.33. The predicted octanol–water partition coefficient (Wildman–Crippen LogP) is -2.95. The van der Waals surface area contributed by atoms with Crippen molar-refractivity contribution >= 4 is 43.9 Å². The molecular formula is CCaO4Zr. The molecule has 0 aromatic carbocycles. The molecule has 0 atom stereocenters. The topological polar surface area (TPSA) is 80.3 Å². The van der Waals surface area contributed by atoms with Crippen molar-refractivity contribution in [2.24, 2.45) is 0 Å². The fraction of sp³-hybridized carbons (Fsp3) is 0. The molecule has 0 spiro atoms. The second-order valence-electron chi connectivity index (χ2n) is 0.250. The molecule has 0 aliphatic carbocycles. The second-order valence-corrected chi connectivity index (χ2v) is 0.250. The molecule has 0 bridgehead atoms. The molecule has 0 saturated heterocycles. The molecule has 0 rings (SSSR count). The van der Waals surface area contributed by atoms with Gasteiger partial charge in [0.05, 0.1) is 0 Å². The van der Waals surface area contributed by atoms with Gasteiger partial charge in [-0.25, -0.2) is 0 Å². The van der Waals surface area contributed by atoms with E-state index < -0.39 is 6.16 Å². The molecule has 6 heteroatoms. The van der Waals surface area contributed by atoms with Gasteiger partial charge in [-0.15, -0.1) is 0 Å². The van der Waals surface area contributed by atoms with E-state index in [2.05, 4.69) is 0 Å². The fourth-order valence-electron chi connectivity index (χ4n) is 0. The SMILES string of the molecule is O=C([O-])[O-].[Ca+2].[O]=[Zr]. The molecule has 0 heterocycles. The van der Waals surface area contributed by atoms with Crippen LogP contribution in [-0.4, -0.2) is 43.9 Å². The minimum absolute atomic E-state index is 0. The number of hydrogen-bond donors (Lipinski definition) is 0. The first-order valence-corrected chi connectivity index (χ1v) is 1.82. The number of hydrogen-bond acceptors (Lipinski definition) is 4. The van der Waals surface area contributed by atoms with Gasteiger partial charge in [0.15, 0.2) is 0 Å².